The van der Waals surface area contributed by atoms with E-state index in [2.05, 4.69) is 20.4 Å². The van der Waals surface area contributed by atoms with E-state index < -0.39 is 6.09 Å². The van der Waals surface area contributed by atoms with Crippen LogP contribution >= 0.6 is 11.6 Å². The summed E-state index contributed by atoms with van der Waals surface area (Å²) < 4.78 is 6.42. The van der Waals surface area contributed by atoms with E-state index in [4.69, 9.17) is 24.2 Å². The number of pyridine rings is 1. The molecule has 3 rings (SSSR count). The Balaban J connectivity index is 1.86. The van der Waals surface area contributed by atoms with E-state index in [0.29, 0.717) is 16.9 Å². The molecule has 0 spiro atoms. The maximum atomic E-state index is 11.8. The molecule has 3 heterocycles. The van der Waals surface area contributed by atoms with E-state index in [0.717, 1.165) is 0 Å². The summed E-state index contributed by atoms with van der Waals surface area (Å²) in [5.74, 6) is 0.599. The van der Waals surface area contributed by atoms with Crippen LogP contribution in [0.3, 0.4) is 0 Å². The maximum absolute atomic E-state index is 11.8. The monoisotopic (exact) mass is 299 g/mol. The van der Waals surface area contributed by atoms with E-state index in [1.165, 1.54) is 23.0 Å². The van der Waals surface area contributed by atoms with Crippen LogP contribution in [0.5, 0.6) is 5.75 Å². The van der Waals surface area contributed by atoms with Gasteiger partial charge in [-0.15, -0.1) is 0 Å². The molecule has 0 saturated carbocycles. The van der Waals surface area contributed by atoms with Gasteiger partial charge in [-0.1, -0.05) is 11.6 Å². The molecule has 7 nitrogen and oxygen atoms in total. The number of amides is 1. The summed E-state index contributed by atoms with van der Waals surface area (Å²) in [6.07, 6.45) is 3.70. The van der Waals surface area contributed by atoms with Crippen LogP contribution < -0.4 is 15.5 Å². The van der Waals surface area contributed by atoms with Crippen LogP contribution in [0.2, 0.25) is 5.15 Å². The van der Waals surface area contributed by atoms with Crippen LogP contribution in [0.1, 0.15) is 0 Å². The number of ether oxygens (including phenoxy) is 1. The molecule has 0 saturated heterocycles. The molecule has 1 N–H and O–H groups in total. The fraction of sp³-hybridized carbons (Fsp3) is 0. The first-order chi connectivity index (χ1) is 10.1. The minimum Gasteiger partial charge on any atom is -0.408 e. The molecule has 0 unspecified atom stereocenters. The van der Waals surface area contributed by atoms with Crippen molar-refractivity contribution in [3.63, 3.8) is 0 Å². The second kappa shape index (κ2) is 5.41. The summed E-state index contributed by atoms with van der Waals surface area (Å²) in [5, 5.41) is 6.70. The van der Waals surface area contributed by atoms with Gasteiger partial charge in [-0.05, 0) is 17.6 Å². The van der Waals surface area contributed by atoms with Gasteiger partial charge < -0.3 is 4.74 Å². The lowest BCUT2D eigenvalue weighted by molar-refractivity contribution is 0.215. The Morgan fingerprint density at radius 2 is 2.29 bits per heavy atom. The Kier molecular flexibility index (Phi) is 3.45. The van der Waals surface area contributed by atoms with E-state index in [1.807, 2.05) is 0 Å². The minimum atomic E-state index is -0.708. The van der Waals surface area contributed by atoms with Crippen molar-refractivity contribution in [2.24, 2.45) is 0 Å². The summed E-state index contributed by atoms with van der Waals surface area (Å²) in [4.78, 5) is 19.7. The second-order valence-corrected chi connectivity index (χ2v) is 4.39. The van der Waals surface area contributed by atoms with Crippen LogP contribution in [0.15, 0.2) is 36.8 Å². The zero-order chi connectivity index (χ0) is 14.8. The third kappa shape index (κ3) is 2.80. The molecule has 3 aromatic heterocycles. The molecule has 0 aliphatic rings. The Hall–Kier alpha value is -2.61. The van der Waals surface area contributed by atoms with Gasteiger partial charge in [0.2, 0.25) is 0 Å². The summed E-state index contributed by atoms with van der Waals surface area (Å²) in [7, 11) is 5.71. The summed E-state index contributed by atoms with van der Waals surface area (Å²) in [5.41, 5.74) is 0.695. The third-order valence-corrected chi connectivity index (χ3v) is 2.74. The van der Waals surface area contributed by atoms with Gasteiger partial charge >= 0.3 is 6.09 Å². The largest absolute Gasteiger partial charge is 0.418 e. The summed E-state index contributed by atoms with van der Waals surface area (Å²) in [6.45, 7) is 0. The van der Waals surface area contributed by atoms with E-state index in [-0.39, 0.29) is 11.0 Å². The first kappa shape index (κ1) is 13.4. The number of carbonyl (C=O) groups excluding carboxylic acids is 1. The van der Waals surface area contributed by atoms with Crippen molar-refractivity contribution >= 4 is 42.5 Å². The van der Waals surface area contributed by atoms with Crippen molar-refractivity contribution in [3.05, 3.63) is 41.9 Å². The van der Waals surface area contributed by atoms with Crippen molar-refractivity contribution in [1.82, 2.24) is 19.6 Å². The topological polar surface area (TPSA) is 81.4 Å². The number of hydrogen-bond donors (Lipinski definition) is 1. The molecule has 0 aliphatic carbocycles. The molecule has 102 valence electrons. The van der Waals surface area contributed by atoms with Crippen LogP contribution in [0.25, 0.3) is 5.65 Å². The molecule has 9 heteroatoms. The lowest BCUT2D eigenvalue weighted by Crippen LogP contribution is -2.19. The maximum Gasteiger partial charge on any atom is 0.418 e. The van der Waals surface area contributed by atoms with Gasteiger partial charge in [-0.3, -0.25) is 10.3 Å². The number of hydrogen-bond acceptors (Lipinski definition) is 5. The molecule has 2 radical (unpaired) electrons. The highest BCUT2D eigenvalue weighted by Crippen LogP contribution is 2.15. The van der Waals surface area contributed by atoms with Crippen LogP contribution in [-0.4, -0.2) is 33.5 Å². The molecule has 21 heavy (non-hydrogen) atoms. The Labute approximate surface area is 125 Å². The summed E-state index contributed by atoms with van der Waals surface area (Å²) >= 11 is 5.89. The highest BCUT2D eigenvalue weighted by Gasteiger charge is 2.12. The Morgan fingerprint density at radius 3 is 3.05 bits per heavy atom. The van der Waals surface area contributed by atoms with Gasteiger partial charge in [0.1, 0.15) is 18.8 Å². The average molecular weight is 299 g/mol. The number of carbonyl (C=O) groups is 1. The molecular weight excluding hydrogens is 292 g/mol. The summed E-state index contributed by atoms with van der Waals surface area (Å²) in [6, 6.07) is 4.69. The predicted molar refractivity (Wildman–Crippen MR) is 77.3 cm³/mol. The predicted octanol–water partition coefficient (Wildman–Crippen LogP) is 1.18. The second-order valence-electron chi connectivity index (χ2n) is 4.00. The Morgan fingerprint density at radius 1 is 1.43 bits per heavy atom. The molecular formula is C12H7BClN5O2. The lowest BCUT2D eigenvalue weighted by Gasteiger charge is -2.08. The Bertz CT molecular complexity index is 808. The molecule has 1 amide bonds. The normalized spacial score (nSPS) is 10.5. The van der Waals surface area contributed by atoms with Gasteiger partial charge in [-0.2, -0.15) is 9.61 Å². The smallest absolute Gasteiger partial charge is 0.408 e. The number of nitrogens with one attached hydrogen (secondary N) is 1. The number of halogens is 1. The number of fused-ring (bicyclic) bond motifs is 1. The fourth-order valence-corrected chi connectivity index (χ4v) is 1.87. The standard InChI is InChI=1S/C12H7BClN5O2/c13-8-6-16-19-10(4-9(14)17-11(8)19)18-12(20)21-7-2-1-3-15-5-7/h1-6H,(H,18,20). The van der Waals surface area contributed by atoms with Gasteiger partial charge in [0, 0.05) is 18.5 Å². The first-order valence-electron chi connectivity index (χ1n) is 5.82. The average Bonchev–Trinajstić information content (AvgIpc) is 2.81. The minimum absolute atomic E-state index is 0.173. The number of aromatic nitrogens is 4. The van der Waals surface area contributed by atoms with Gasteiger partial charge in [0.05, 0.1) is 6.20 Å². The number of anilines is 1. The lowest BCUT2D eigenvalue weighted by atomic mass is 10.0. The van der Waals surface area contributed by atoms with Crippen molar-refractivity contribution in [3.8, 4) is 5.75 Å². The van der Waals surface area contributed by atoms with E-state index in [9.17, 15) is 4.79 Å². The molecule has 3 aromatic rings. The molecule has 0 fully saturated rings. The zero-order valence-corrected chi connectivity index (χ0v) is 11.3. The van der Waals surface area contributed by atoms with Crippen LogP contribution in [0.4, 0.5) is 10.6 Å². The fourth-order valence-electron chi connectivity index (χ4n) is 1.68. The van der Waals surface area contributed by atoms with Gasteiger partial charge in [-0.25, -0.2) is 9.78 Å². The van der Waals surface area contributed by atoms with Gasteiger partial charge in [0.25, 0.3) is 0 Å². The molecule has 0 bridgehead atoms. The third-order valence-electron chi connectivity index (χ3n) is 2.54. The highest BCUT2D eigenvalue weighted by molar-refractivity contribution is 6.36. The van der Waals surface area contributed by atoms with E-state index in [1.54, 1.807) is 18.3 Å². The van der Waals surface area contributed by atoms with Gasteiger partial charge in [0.15, 0.2) is 11.4 Å². The van der Waals surface area contributed by atoms with Crippen molar-refractivity contribution in [1.29, 1.82) is 0 Å². The zero-order valence-electron chi connectivity index (χ0n) is 10.5. The number of nitrogens with zero attached hydrogens (tertiary/aromatic N) is 4. The van der Waals surface area contributed by atoms with Crippen LogP contribution in [-0.2, 0) is 0 Å². The number of rotatable bonds is 2. The van der Waals surface area contributed by atoms with Crippen molar-refractivity contribution in [2.75, 3.05) is 5.32 Å². The quantitative estimate of drug-likeness (QED) is 0.567. The molecule has 0 aromatic carbocycles. The SMILES string of the molecule is [B]c1cnn2c(NC(=O)Oc3cccnc3)cc(Cl)nc12. The van der Waals surface area contributed by atoms with E-state index >= 15 is 0 Å². The highest BCUT2D eigenvalue weighted by atomic mass is 35.5. The van der Waals surface area contributed by atoms with Crippen LogP contribution in [0, 0.1) is 0 Å². The van der Waals surface area contributed by atoms with Crippen molar-refractivity contribution in [2.45, 2.75) is 0 Å². The molecule has 0 atom stereocenters. The molecule has 0 aliphatic heterocycles. The first-order valence-corrected chi connectivity index (χ1v) is 6.20. The van der Waals surface area contributed by atoms with Crippen molar-refractivity contribution < 1.29 is 9.53 Å².